The fourth-order valence-corrected chi connectivity index (χ4v) is 2.58. The Hall–Kier alpha value is -1.03. The van der Waals surface area contributed by atoms with Crippen molar-refractivity contribution < 1.29 is 35.6 Å². The van der Waals surface area contributed by atoms with Gasteiger partial charge in [0.05, 0.1) is 0 Å². The van der Waals surface area contributed by atoms with Crippen LogP contribution in [-0.4, -0.2) is 27.8 Å². The Labute approximate surface area is 106 Å². The standard InChI is InChI=1S/C10H11F5O3Si/c1-17-19(16,18-2)4-3-5-6(11)8(13)10(15)9(14)7(5)12/h16H,3-4H2,1-2H3. The summed E-state index contributed by atoms with van der Waals surface area (Å²) in [5.41, 5.74) is -1.00. The van der Waals surface area contributed by atoms with Gasteiger partial charge in [0.2, 0.25) is 5.82 Å². The van der Waals surface area contributed by atoms with Gasteiger partial charge < -0.3 is 13.6 Å². The van der Waals surface area contributed by atoms with E-state index in [9.17, 15) is 26.7 Å². The molecule has 0 unspecified atom stereocenters. The fraction of sp³-hybridized carbons (Fsp3) is 0.400. The summed E-state index contributed by atoms with van der Waals surface area (Å²) < 4.78 is 74.5. The second-order valence-corrected chi connectivity index (χ2v) is 6.41. The molecule has 108 valence electrons. The van der Waals surface area contributed by atoms with Crippen molar-refractivity contribution in [1.29, 1.82) is 0 Å². The minimum absolute atomic E-state index is 0.377. The van der Waals surface area contributed by atoms with Crippen LogP contribution in [0.4, 0.5) is 22.0 Å². The molecule has 0 aromatic heterocycles. The lowest BCUT2D eigenvalue weighted by atomic mass is 10.1. The number of halogens is 5. The average molecular weight is 302 g/mol. The quantitative estimate of drug-likeness (QED) is 0.392. The van der Waals surface area contributed by atoms with E-state index >= 15 is 0 Å². The maximum atomic E-state index is 13.3. The van der Waals surface area contributed by atoms with E-state index in [1.54, 1.807) is 0 Å². The first-order chi connectivity index (χ1) is 8.77. The van der Waals surface area contributed by atoms with Gasteiger partial charge in [0, 0.05) is 25.8 Å². The first-order valence-corrected chi connectivity index (χ1v) is 7.07. The van der Waals surface area contributed by atoms with Gasteiger partial charge in [-0.3, -0.25) is 0 Å². The van der Waals surface area contributed by atoms with E-state index in [0.717, 1.165) is 14.2 Å². The summed E-state index contributed by atoms with van der Waals surface area (Å²) in [6.45, 7) is 0. The third-order valence-corrected chi connectivity index (χ3v) is 4.79. The van der Waals surface area contributed by atoms with E-state index < -0.39 is 49.9 Å². The van der Waals surface area contributed by atoms with Gasteiger partial charge >= 0.3 is 8.80 Å². The third-order valence-electron chi connectivity index (χ3n) is 2.63. The summed E-state index contributed by atoms with van der Waals surface area (Å²) in [6, 6.07) is -0.377. The molecule has 0 aliphatic heterocycles. The highest BCUT2D eigenvalue weighted by Gasteiger charge is 2.35. The zero-order valence-electron chi connectivity index (χ0n) is 10.1. The molecule has 0 heterocycles. The smallest absolute Gasteiger partial charge is 0.390 e. The predicted octanol–water partition coefficient (Wildman–Crippen LogP) is 2.15. The van der Waals surface area contributed by atoms with Crippen LogP contribution in [0.15, 0.2) is 0 Å². The maximum Gasteiger partial charge on any atom is 0.498 e. The van der Waals surface area contributed by atoms with E-state index in [-0.39, 0.29) is 6.04 Å². The SMILES string of the molecule is CO[Si](O)(CCc1c(F)c(F)c(F)c(F)c1F)OC. The molecule has 0 spiro atoms. The number of rotatable bonds is 5. The zero-order valence-corrected chi connectivity index (χ0v) is 11.1. The van der Waals surface area contributed by atoms with Gasteiger partial charge in [-0.1, -0.05) is 0 Å². The Kier molecular flexibility index (Phi) is 5.02. The van der Waals surface area contributed by atoms with Crippen LogP contribution in [0.3, 0.4) is 0 Å². The van der Waals surface area contributed by atoms with Crippen molar-refractivity contribution in [2.75, 3.05) is 14.2 Å². The second kappa shape index (κ2) is 5.95. The molecule has 0 fully saturated rings. The van der Waals surface area contributed by atoms with Crippen LogP contribution in [0.1, 0.15) is 5.56 Å². The van der Waals surface area contributed by atoms with Gasteiger partial charge in [-0.15, -0.1) is 0 Å². The zero-order chi connectivity index (χ0) is 14.8. The first-order valence-electron chi connectivity index (χ1n) is 5.10. The molecule has 19 heavy (non-hydrogen) atoms. The molecular formula is C10H11F5O3Si. The minimum Gasteiger partial charge on any atom is -0.390 e. The van der Waals surface area contributed by atoms with E-state index in [2.05, 4.69) is 8.85 Å². The topological polar surface area (TPSA) is 38.7 Å². The van der Waals surface area contributed by atoms with Crippen LogP contribution >= 0.6 is 0 Å². The molecule has 1 aromatic rings. The van der Waals surface area contributed by atoms with Gasteiger partial charge in [0.25, 0.3) is 0 Å². The summed E-state index contributed by atoms with van der Waals surface area (Å²) in [5.74, 6) is -10.1. The van der Waals surface area contributed by atoms with Gasteiger partial charge in [-0.2, -0.15) is 0 Å². The average Bonchev–Trinajstić information content (AvgIpc) is 2.42. The largest absolute Gasteiger partial charge is 0.498 e. The van der Waals surface area contributed by atoms with E-state index in [1.807, 2.05) is 0 Å². The summed E-state index contributed by atoms with van der Waals surface area (Å²) >= 11 is 0. The molecule has 0 bridgehead atoms. The van der Waals surface area contributed by atoms with Crippen molar-refractivity contribution in [3.05, 3.63) is 34.6 Å². The molecule has 1 N–H and O–H groups in total. The van der Waals surface area contributed by atoms with E-state index in [4.69, 9.17) is 0 Å². The van der Waals surface area contributed by atoms with Crippen LogP contribution in [-0.2, 0) is 15.3 Å². The first kappa shape index (κ1) is 16.0. The lowest BCUT2D eigenvalue weighted by Crippen LogP contribution is -2.40. The minimum atomic E-state index is -3.65. The monoisotopic (exact) mass is 302 g/mol. The highest BCUT2D eigenvalue weighted by atomic mass is 28.4. The molecule has 1 rings (SSSR count). The Morgan fingerprint density at radius 1 is 0.842 bits per heavy atom. The Bertz CT molecular complexity index is 450. The molecule has 1 aromatic carbocycles. The third kappa shape index (κ3) is 3.11. The van der Waals surface area contributed by atoms with Crippen molar-refractivity contribution in [2.45, 2.75) is 12.5 Å². The van der Waals surface area contributed by atoms with Crippen molar-refractivity contribution in [3.8, 4) is 0 Å². The predicted molar refractivity (Wildman–Crippen MR) is 56.7 cm³/mol. The molecule has 0 radical (unpaired) electrons. The van der Waals surface area contributed by atoms with E-state index in [0.29, 0.717) is 0 Å². The second-order valence-electron chi connectivity index (χ2n) is 3.67. The van der Waals surface area contributed by atoms with Crippen LogP contribution in [0, 0.1) is 29.1 Å². The molecule has 0 aliphatic carbocycles. The summed E-state index contributed by atoms with van der Waals surface area (Å²) in [4.78, 5) is 9.65. The van der Waals surface area contributed by atoms with Gasteiger partial charge in [0.15, 0.2) is 23.3 Å². The van der Waals surface area contributed by atoms with Crippen LogP contribution in [0.25, 0.3) is 0 Å². The Morgan fingerprint density at radius 3 is 1.58 bits per heavy atom. The molecule has 0 saturated carbocycles. The van der Waals surface area contributed by atoms with Crippen molar-refractivity contribution >= 4 is 8.80 Å². The highest BCUT2D eigenvalue weighted by molar-refractivity contribution is 6.59. The van der Waals surface area contributed by atoms with Gasteiger partial charge in [-0.05, 0) is 6.42 Å². The molecule has 0 aliphatic rings. The summed E-state index contributed by atoms with van der Waals surface area (Å²) in [6.07, 6.45) is -0.601. The van der Waals surface area contributed by atoms with Crippen LogP contribution in [0.5, 0.6) is 0 Å². The van der Waals surface area contributed by atoms with Crippen molar-refractivity contribution in [3.63, 3.8) is 0 Å². The van der Waals surface area contributed by atoms with E-state index in [1.165, 1.54) is 0 Å². The van der Waals surface area contributed by atoms with Crippen LogP contribution in [0.2, 0.25) is 6.04 Å². The highest BCUT2D eigenvalue weighted by Crippen LogP contribution is 2.25. The lowest BCUT2D eigenvalue weighted by Gasteiger charge is -2.19. The molecule has 3 nitrogen and oxygen atoms in total. The fourth-order valence-electron chi connectivity index (χ4n) is 1.44. The number of hydrogen-bond acceptors (Lipinski definition) is 3. The van der Waals surface area contributed by atoms with Crippen molar-refractivity contribution in [1.82, 2.24) is 0 Å². The van der Waals surface area contributed by atoms with Gasteiger partial charge in [0.1, 0.15) is 0 Å². The van der Waals surface area contributed by atoms with Crippen LogP contribution < -0.4 is 0 Å². The molecule has 0 atom stereocenters. The Balaban J connectivity index is 3.09. The number of benzene rings is 1. The molecule has 0 amide bonds. The molecular weight excluding hydrogens is 291 g/mol. The summed E-state index contributed by atoms with van der Waals surface area (Å²) in [5, 5.41) is 0. The lowest BCUT2D eigenvalue weighted by molar-refractivity contribution is 0.151. The van der Waals surface area contributed by atoms with Crippen molar-refractivity contribution in [2.24, 2.45) is 0 Å². The maximum absolute atomic E-state index is 13.3. The normalized spacial score (nSPS) is 12.0. The number of hydrogen-bond donors (Lipinski definition) is 1. The molecule has 9 heteroatoms. The molecule has 0 saturated heterocycles. The Morgan fingerprint density at radius 2 is 1.21 bits per heavy atom. The van der Waals surface area contributed by atoms with Gasteiger partial charge in [-0.25, -0.2) is 22.0 Å². The summed E-state index contributed by atoms with van der Waals surface area (Å²) in [7, 11) is -1.41.